The van der Waals surface area contributed by atoms with E-state index in [0.29, 0.717) is 13.0 Å². The largest absolute Gasteiger partial charge is 0.352 e. The third kappa shape index (κ3) is 4.44. The van der Waals surface area contributed by atoms with Crippen molar-refractivity contribution in [2.24, 2.45) is 5.73 Å². The molecule has 114 valence electrons. The fourth-order valence-electron chi connectivity index (χ4n) is 2.32. The van der Waals surface area contributed by atoms with Gasteiger partial charge in [0.15, 0.2) is 0 Å². The molecule has 2 rings (SSSR count). The number of rotatable bonds is 6. The first-order valence-corrected chi connectivity index (χ1v) is 7.08. The normalized spacial score (nSPS) is 15.3. The van der Waals surface area contributed by atoms with Gasteiger partial charge in [-0.3, -0.25) is 4.79 Å². The van der Waals surface area contributed by atoms with Crippen LogP contribution in [0.2, 0.25) is 0 Å². The van der Waals surface area contributed by atoms with Crippen molar-refractivity contribution in [3.63, 3.8) is 0 Å². The maximum absolute atomic E-state index is 13.2. The molecule has 1 aromatic carbocycles. The molecule has 1 saturated carbocycles. The van der Waals surface area contributed by atoms with Crippen LogP contribution >= 0.6 is 0 Å². The van der Waals surface area contributed by atoms with Crippen molar-refractivity contribution in [1.82, 2.24) is 10.2 Å². The molecule has 21 heavy (non-hydrogen) atoms. The number of carbonyl (C=O) groups is 2. The molecule has 6 heteroatoms. The van der Waals surface area contributed by atoms with Crippen LogP contribution in [-0.4, -0.2) is 35.5 Å². The highest BCUT2D eigenvalue weighted by Crippen LogP contribution is 2.27. The highest BCUT2D eigenvalue weighted by Gasteiger charge is 2.34. The smallest absolute Gasteiger partial charge is 0.312 e. The average molecular weight is 293 g/mol. The van der Waals surface area contributed by atoms with E-state index >= 15 is 0 Å². The lowest BCUT2D eigenvalue weighted by Crippen LogP contribution is -2.49. The van der Waals surface area contributed by atoms with Gasteiger partial charge in [-0.1, -0.05) is 12.1 Å². The number of amides is 3. The van der Waals surface area contributed by atoms with E-state index in [9.17, 15) is 14.0 Å². The number of nitrogens with two attached hydrogens (primary N) is 1. The zero-order valence-electron chi connectivity index (χ0n) is 12.0. The molecule has 1 aromatic rings. The van der Waals surface area contributed by atoms with E-state index in [0.717, 1.165) is 18.4 Å². The summed E-state index contributed by atoms with van der Waals surface area (Å²) in [5.74, 6) is -0.423. The summed E-state index contributed by atoms with van der Waals surface area (Å²) in [4.78, 5) is 24.9. The van der Waals surface area contributed by atoms with Gasteiger partial charge in [0.2, 0.25) is 5.91 Å². The lowest BCUT2D eigenvalue weighted by molar-refractivity contribution is -0.133. The van der Waals surface area contributed by atoms with Crippen molar-refractivity contribution in [1.29, 1.82) is 0 Å². The maximum Gasteiger partial charge on any atom is 0.312 e. The quantitative estimate of drug-likeness (QED) is 0.832. The van der Waals surface area contributed by atoms with Crippen molar-refractivity contribution >= 4 is 11.9 Å². The predicted molar refractivity (Wildman–Crippen MR) is 77.0 cm³/mol. The number of hydrogen-bond donors (Lipinski definition) is 2. The van der Waals surface area contributed by atoms with Gasteiger partial charge in [-0.2, -0.15) is 0 Å². The second-order valence-electron chi connectivity index (χ2n) is 5.37. The van der Waals surface area contributed by atoms with Crippen LogP contribution in [0.1, 0.15) is 25.3 Å². The summed E-state index contributed by atoms with van der Waals surface area (Å²) >= 11 is 0. The zero-order valence-corrected chi connectivity index (χ0v) is 12.0. The third-order valence-corrected chi connectivity index (χ3v) is 3.53. The molecule has 0 radical (unpaired) electrons. The molecular formula is C15H20FN3O2. The third-order valence-electron chi connectivity index (χ3n) is 3.53. The van der Waals surface area contributed by atoms with E-state index in [-0.39, 0.29) is 17.8 Å². The lowest BCUT2D eigenvalue weighted by Gasteiger charge is -2.26. The first-order chi connectivity index (χ1) is 9.97. The van der Waals surface area contributed by atoms with E-state index < -0.39 is 12.1 Å². The molecule has 3 amide bonds. The fraction of sp³-hybridized carbons (Fsp3) is 0.467. The molecule has 3 N–H and O–H groups in total. The number of urea groups is 1. The summed E-state index contributed by atoms with van der Waals surface area (Å²) in [6, 6.07) is 5.23. The van der Waals surface area contributed by atoms with Crippen molar-refractivity contribution in [2.75, 3.05) is 6.54 Å². The number of carbonyl (C=O) groups excluding carboxylic acids is 2. The topological polar surface area (TPSA) is 75.4 Å². The van der Waals surface area contributed by atoms with Gasteiger partial charge in [-0.15, -0.1) is 0 Å². The Kier molecular flexibility index (Phi) is 4.77. The zero-order chi connectivity index (χ0) is 15.4. The SMILES string of the molecule is C[C@@H](NC(N)=O)C(=O)N(CCc1cccc(F)c1)C1CC1. The van der Waals surface area contributed by atoms with Crippen molar-refractivity contribution < 1.29 is 14.0 Å². The van der Waals surface area contributed by atoms with Gasteiger partial charge >= 0.3 is 6.03 Å². The molecule has 5 nitrogen and oxygen atoms in total. The highest BCUT2D eigenvalue weighted by atomic mass is 19.1. The molecule has 0 bridgehead atoms. The summed E-state index contributed by atoms with van der Waals surface area (Å²) in [5, 5.41) is 2.40. The standard InChI is InChI=1S/C15H20FN3O2/c1-10(18-15(17)21)14(20)19(13-5-6-13)8-7-11-3-2-4-12(16)9-11/h2-4,9-10,13H,5-8H2,1H3,(H3,17,18,21)/t10-/m1/s1. The number of nitrogens with one attached hydrogen (secondary N) is 1. The second-order valence-corrected chi connectivity index (χ2v) is 5.37. The minimum Gasteiger partial charge on any atom is -0.352 e. The van der Waals surface area contributed by atoms with Gasteiger partial charge in [0, 0.05) is 12.6 Å². The van der Waals surface area contributed by atoms with Gasteiger partial charge in [-0.25, -0.2) is 9.18 Å². The lowest BCUT2D eigenvalue weighted by atomic mass is 10.1. The molecule has 0 spiro atoms. The Bertz CT molecular complexity index is 531. The number of primary amides is 1. The van der Waals surface area contributed by atoms with E-state index in [1.807, 2.05) is 6.07 Å². The summed E-state index contributed by atoms with van der Waals surface area (Å²) in [6.07, 6.45) is 2.53. The minimum atomic E-state index is -0.711. The summed E-state index contributed by atoms with van der Waals surface area (Å²) in [6.45, 7) is 2.13. The first-order valence-electron chi connectivity index (χ1n) is 7.08. The van der Waals surface area contributed by atoms with Gasteiger partial charge < -0.3 is 16.0 Å². The van der Waals surface area contributed by atoms with Crippen molar-refractivity contribution in [3.05, 3.63) is 35.6 Å². The van der Waals surface area contributed by atoms with Crippen LogP contribution in [0.5, 0.6) is 0 Å². The average Bonchev–Trinajstić information content (AvgIpc) is 3.22. The van der Waals surface area contributed by atoms with E-state index in [4.69, 9.17) is 5.73 Å². The van der Waals surface area contributed by atoms with E-state index in [2.05, 4.69) is 5.32 Å². The van der Waals surface area contributed by atoms with Gasteiger partial charge in [-0.05, 0) is 43.9 Å². The number of hydrogen-bond acceptors (Lipinski definition) is 2. The number of halogens is 1. The Balaban J connectivity index is 1.96. The molecule has 1 aliphatic rings. The van der Waals surface area contributed by atoms with Crippen LogP contribution in [0, 0.1) is 5.82 Å². The van der Waals surface area contributed by atoms with Crippen LogP contribution in [0.15, 0.2) is 24.3 Å². The van der Waals surface area contributed by atoms with Crippen LogP contribution in [-0.2, 0) is 11.2 Å². The molecule has 0 heterocycles. The summed E-state index contributed by atoms with van der Waals surface area (Å²) in [5.41, 5.74) is 5.89. The van der Waals surface area contributed by atoms with Crippen LogP contribution in [0.25, 0.3) is 0 Å². The second kappa shape index (κ2) is 6.56. The van der Waals surface area contributed by atoms with Gasteiger partial charge in [0.1, 0.15) is 11.9 Å². The number of nitrogens with zero attached hydrogens (tertiary/aromatic N) is 1. The molecule has 0 aliphatic heterocycles. The molecule has 1 atom stereocenters. The monoisotopic (exact) mass is 293 g/mol. The van der Waals surface area contributed by atoms with Crippen LogP contribution in [0.3, 0.4) is 0 Å². The fourth-order valence-corrected chi connectivity index (χ4v) is 2.32. The van der Waals surface area contributed by atoms with Crippen LogP contribution < -0.4 is 11.1 Å². The predicted octanol–water partition coefficient (Wildman–Crippen LogP) is 1.42. The van der Waals surface area contributed by atoms with E-state index in [1.54, 1.807) is 17.9 Å². The molecule has 0 unspecified atom stereocenters. The molecule has 0 aromatic heterocycles. The minimum absolute atomic E-state index is 0.146. The van der Waals surface area contributed by atoms with Crippen LogP contribution in [0.4, 0.5) is 9.18 Å². The Morgan fingerprint density at radius 3 is 2.76 bits per heavy atom. The molecular weight excluding hydrogens is 273 g/mol. The molecule has 0 saturated heterocycles. The van der Waals surface area contributed by atoms with E-state index in [1.165, 1.54) is 12.1 Å². The molecule has 1 fully saturated rings. The number of benzene rings is 1. The maximum atomic E-state index is 13.2. The van der Waals surface area contributed by atoms with Crippen molar-refractivity contribution in [2.45, 2.75) is 38.3 Å². The first kappa shape index (κ1) is 15.3. The molecule has 1 aliphatic carbocycles. The van der Waals surface area contributed by atoms with Gasteiger partial charge in [0.05, 0.1) is 0 Å². The Hall–Kier alpha value is -2.11. The van der Waals surface area contributed by atoms with Gasteiger partial charge in [0.25, 0.3) is 0 Å². The summed E-state index contributed by atoms with van der Waals surface area (Å²) in [7, 11) is 0. The highest BCUT2D eigenvalue weighted by molar-refractivity contribution is 5.86. The van der Waals surface area contributed by atoms with Crippen molar-refractivity contribution in [3.8, 4) is 0 Å². The Labute approximate surface area is 123 Å². The Morgan fingerprint density at radius 1 is 1.48 bits per heavy atom. The summed E-state index contributed by atoms with van der Waals surface area (Å²) < 4.78 is 13.2. The Morgan fingerprint density at radius 2 is 2.19 bits per heavy atom.